The van der Waals surface area contributed by atoms with E-state index in [0.29, 0.717) is 0 Å². The van der Waals surface area contributed by atoms with Gasteiger partial charge in [0.2, 0.25) is 0 Å². The Bertz CT molecular complexity index is 524. The van der Waals surface area contributed by atoms with Crippen molar-refractivity contribution in [2.75, 3.05) is 0 Å². The Morgan fingerprint density at radius 1 is 1.12 bits per heavy atom. The molecule has 0 aliphatic rings. The number of benzene rings is 1. The molecular formula is C12H10Br3NS. The maximum Gasteiger partial charge on any atom is 0.0701 e. The second kappa shape index (κ2) is 5.97. The van der Waals surface area contributed by atoms with Gasteiger partial charge in [-0.05, 0) is 51.8 Å². The van der Waals surface area contributed by atoms with E-state index in [1.165, 1.54) is 4.88 Å². The van der Waals surface area contributed by atoms with Crippen molar-refractivity contribution in [3.63, 3.8) is 0 Å². The van der Waals surface area contributed by atoms with Crippen LogP contribution < -0.4 is 5.73 Å². The van der Waals surface area contributed by atoms with Crippen LogP contribution in [0.25, 0.3) is 0 Å². The first-order chi connectivity index (χ1) is 8.06. The van der Waals surface area contributed by atoms with Crippen LogP contribution in [0.5, 0.6) is 0 Å². The highest BCUT2D eigenvalue weighted by atomic mass is 79.9. The van der Waals surface area contributed by atoms with Crippen molar-refractivity contribution in [3.8, 4) is 0 Å². The molecule has 1 atom stereocenters. The van der Waals surface area contributed by atoms with E-state index in [0.717, 1.165) is 24.7 Å². The largest absolute Gasteiger partial charge is 0.324 e. The van der Waals surface area contributed by atoms with Crippen LogP contribution in [0.1, 0.15) is 16.5 Å². The third kappa shape index (κ3) is 3.64. The summed E-state index contributed by atoms with van der Waals surface area (Å²) in [6.45, 7) is 0. The molecule has 1 aromatic carbocycles. The lowest BCUT2D eigenvalue weighted by atomic mass is 10.0. The topological polar surface area (TPSA) is 26.0 Å². The van der Waals surface area contributed by atoms with Crippen molar-refractivity contribution < 1.29 is 0 Å². The zero-order valence-electron chi connectivity index (χ0n) is 8.79. The molecule has 0 aliphatic carbocycles. The van der Waals surface area contributed by atoms with Gasteiger partial charge >= 0.3 is 0 Å². The predicted octanol–water partition coefficient (Wildman–Crippen LogP) is 5.28. The number of thiophene rings is 1. The van der Waals surface area contributed by atoms with E-state index in [9.17, 15) is 0 Å². The molecule has 2 N–H and O–H groups in total. The number of hydrogen-bond acceptors (Lipinski definition) is 2. The van der Waals surface area contributed by atoms with Gasteiger partial charge < -0.3 is 5.73 Å². The summed E-state index contributed by atoms with van der Waals surface area (Å²) in [6.07, 6.45) is 0.852. The third-order valence-corrected chi connectivity index (χ3v) is 5.27. The Morgan fingerprint density at radius 3 is 2.53 bits per heavy atom. The van der Waals surface area contributed by atoms with Crippen molar-refractivity contribution in [2.24, 2.45) is 5.73 Å². The average molecular weight is 440 g/mol. The van der Waals surface area contributed by atoms with E-state index in [4.69, 9.17) is 5.73 Å². The molecule has 0 bridgehead atoms. The lowest BCUT2D eigenvalue weighted by molar-refractivity contribution is 0.726. The molecule has 1 nitrogen and oxygen atoms in total. The molecule has 1 aromatic heterocycles. The van der Waals surface area contributed by atoms with E-state index in [1.54, 1.807) is 11.3 Å². The summed E-state index contributed by atoms with van der Waals surface area (Å²) in [5.41, 5.74) is 7.38. The maximum atomic E-state index is 6.25. The fourth-order valence-corrected chi connectivity index (χ4v) is 4.05. The normalized spacial score (nSPS) is 12.7. The molecule has 0 saturated carbocycles. The highest BCUT2D eigenvalue weighted by Crippen LogP contribution is 2.30. The first-order valence-corrected chi connectivity index (χ1v) is 8.20. The number of halogens is 3. The van der Waals surface area contributed by atoms with Gasteiger partial charge in [0, 0.05) is 26.3 Å². The van der Waals surface area contributed by atoms with Gasteiger partial charge in [-0.3, -0.25) is 0 Å². The smallest absolute Gasteiger partial charge is 0.0701 e. The van der Waals surface area contributed by atoms with Crippen LogP contribution in [0.2, 0.25) is 0 Å². The molecule has 90 valence electrons. The number of rotatable bonds is 3. The molecule has 0 spiro atoms. The van der Waals surface area contributed by atoms with Crippen molar-refractivity contribution in [3.05, 3.63) is 53.5 Å². The van der Waals surface area contributed by atoms with Crippen LogP contribution >= 0.6 is 59.1 Å². The van der Waals surface area contributed by atoms with Gasteiger partial charge in [-0.2, -0.15) is 0 Å². The Morgan fingerprint density at radius 2 is 1.88 bits per heavy atom. The summed E-state index contributed by atoms with van der Waals surface area (Å²) < 4.78 is 3.26. The Kier molecular flexibility index (Phi) is 4.83. The van der Waals surface area contributed by atoms with Gasteiger partial charge in [0.25, 0.3) is 0 Å². The second-order valence-electron chi connectivity index (χ2n) is 3.68. The summed E-state index contributed by atoms with van der Waals surface area (Å²) in [4.78, 5) is 1.29. The van der Waals surface area contributed by atoms with E-state index in [1.807, 2.05) is 12.1 Å². The van der Waals surface area contributed by atoms with Gasteiger partial charge in [0.05, 0.1) is 3.79 Å². The quantitative estimate of drug-likeness (QED) is 0.691. The number of nitrogens with two attached hydrogens (primary N) is 1. The molecular weight excluding hydrogens is 430 g/mol. The van der Waals surface area contributed by atoms with Gasteiger partial charge in [-0.25, -0.2) is 0 Å². The van der Waals surface area contributed by atoms with E-state index in [2.05, 4.69) is 66.0 Å². The van der Waals surface area contributed by atoms with Crippen LogP contribution in [-0.2, 0) is 6.42 Å². The molecule has 0 fully saturated rings. The molecule has 5 heteroatoms. The summed E-state index contributed by atoms with van der Waals surface area (Å²) in [5.74, 6) is 0. The summed E-state index contributed by atoms with van der Waals surface area (Å²) in [7, 11) is 0. The molecule has 0 amide bonds. The molecule has 1 heterocycles. The van der Waals surface area contributed by atoms with E-state index in [-0.39, 0.29) is 6.04 Å². The molecule has 0 radical (unpaired) electrons. The summed E-state index contributed by atoms with van der Waals surface area (Å²) >= 11 is 12.2. The van der Waals surface area contributed by atoms with Gasteiger partial charge in [0.15, 0.2) is 0 Å². The van der Waals surface area contributed by atoms with Crippen molar-refractivity contribution >= 4 is 59.1 Å². The monoisotopic (exact) mass is 437 g/mol. The van der Waals surface area contributed by atoms with Crippen LogP contribution in [0.4, 0.5) is 0 Å². The lowest BCUT2D eigenvalue weighted by Gasteiger charge is -2.13. The minimum Gasteiger partial charge on any atom is -0.324 e. The van der Waals surface area contributed by atoms with Gasteiger partial charge in [-0.1, -0.05) is 31.9 Å². The predicted molar refractivity (Wildman–Crippen MR) is 84.5 cm³/mol. The fraction of sp³-hybridized carbons (Fsp3) is 0.167. The second-order valence-corrected chi connectivity index (χ2v) is 8.00. The minimum absolute atomic E-state index is 0.00687. The molecule has 2 rings (SSSR count). The Labute approximate surface area is 130 Å². The van der Waals surface area contributed by atoms with Gasteiger partial charge in [0.1, 0.15) is 0 Å². The highest BCUT2D eigenvalue weighted by molar-refractivity contribution is 9.11. The average Bonchev–Trinajstić information content (AvgIpc) is 2.67. The first-order valence-electron chi connectivity index (χ1n) is 5.01. The highest BCUT2D eigenvalue weighted by Gasteiger charge is 2.12. The summed E-state index contributed by atoms with van der Waals surface area (Å²) in [6, 6.07) is 10.3. The lowest BCUT2D eigenvalue weighted by Crippen LogP contribution is -2.13. The minimum atomic E-state index is 0.00687. The standard InChI is InChI=1S/C12H10Br3NS/c13-7-1-3-10(14)9(5-7)11(16)6-8-2-4-12(15)17-8/h1-5,11H,6,16H2. The number of hydrogen-bond donors (Lipinski definition) is 1. The van der Waals surface area contributed by atoms with Crippen LogP contribution in [0, 0.1) is 0 Å². The van der Waals surface area contributed by atoms with E-state index < -0.39 is 0 Å². The molecule has 17 heavy (non-hydrogen) atoms. The first kappa shape index (κ1) is 13.7. The summed E-state index contributed by atoms with van der Waals surface area (Å²) in [5, 5.41) is 0. The Balaban J connectivity index is 2.19. The SMILES string of the molecule is NC(Cc1ccc(Br)s1)c1cc(Br)ccc1Br. The van der Waals surface area contributed by atoms with Crippen LogP contribution in [0.15, 0.2) is 43.1 Å². The van der Waals surface area contributed by atoms with Crippen LogP contribution in [-0.4, -0.2) is 0 Å². The van der Waals surface area contributed by atoms with Crippen molar-refractivity contribution in [1.82, 2.24) is 0 Å². The maximum absolute atomic E-state index is 6.25. The molecule has 0 aliphatic heterocycles. The fourth-order valence-electron chi connectivity index (χ4n) is 1.59. The third-order valence-electron chi connectivity index (χ3n) is 2.41. The Hall–Kier alpha value is 0.320. The van der Waals surface area contributed by atoms with Crippen LogP contribution in [0.3, 0.4) is 0 Å². The van der Waals surface area contributed by atoms with E-state index >= 15 is 0 Å². The zero-order valence-corrected chi connectivity index (χ0v) is 14.4. The molecule has 1 unspecified atom stereocenters. The molecule has 2 aromatic rings. The molecule has 0 saturated heterocycles. The van der Waals surface area contributed by atoms with Gasteiger partial charge in [-0.15, -0.1) is 11.3 Å². The van der Waals surface area contributed by atoms with Crippen molar-refractivity contribution in [2.45, 2.75) is 12.5 Å². The van der Waals surface area contributed by atoms with Crippen molar-refractivity contribution in [1.29, 1.82) is 0 Å². The zero-order chi connectivity index (χ0) is 12.4.